The predicted molar refractivity (Wildman–Crippen MR) is 85.2 cm³/mol. The van der Waals surface area contributed by atoms with Gasteiger partial charge in [0.25, 0.3) is 5.91 Å². The van der Waals surface area contributed by atoms with Crippen molar-refractivity contribution >= 4 is 5.91 Å². The van der Waals surface area contributed by atoms with E-state index < -0.39 is 23.2 Å². The van der Waals surface area contributed by atoms with Gasteiger partial charge in [-0.15, -0.1) is 0 Å². The summed E-state index contributed by atoms with van der Waals surface area (Å²) in [6.45, 7) is 0. The van der Waals surface area contributed by atoms with Crippen LogP contribution in [0.5, 0.6) is 5.88 Å². The Morgan fingerprint density at radius 3 is 2.60 bits per heavy atom. The van der Waals surface area contributed by atoms with Crippen molar-refractivity contribution in [3.05, 3.63) is 59.3 Å². The number of aromatic nitrogens is 1. The maximum atomic E-state index is 13.0. The largest absolute Gasteiger partial charge is 0.480 e. The number of nitrogens with zero attached hydrogens (tertiary/aromatic N) is 1. The number of pyridine rings is 1. The summed E-state index contributed by atoms with van der Waals surface area (Å²) in [4.78, 5) is 16.6. The van der Waals surface area contributed by atoms with Crippen molar-refractivity contribution in [1.82, 2.24) is 10.3 Å². The van der Waals surface area contributed by atoms with Crippen LogP contribution in [0.2, 0.25) is 0 Å². The van der Waals surface area contributed by atoms with Gasteiger partial charge in [-0.3, -0.25) is 4.79 Å². The number of carbonyl (C=O) groups excluding carboxylic acids is 1. The first kappa shape index (κ1) is 17.3. The Morgan fingerprint density at radius 1 is 1.24 bits per heavy atom. The average Bonchev–Trinajstić information content (AvgIpc) is 2.57. The Balaban J connectivity index is 1.91. The molecule has 0 aliphatic heterocycles. The summed E-state index contributed by atoms with van der Waals surface area (Å²) in [5.74, 6) is -0.236. The smallest absolute Gasteiger partial charge is 0.416 e. The first-order valence-corrected chi connectivity index (χ1v) is 7.85. The fourth-order valence-corrected chi connectivity index (χ4v) is 3.02. The normalized spacial score (nSPS) is 16.0. The van der Waals surface area contributed by atoms with Crippen molar-refractivity contribution in [3.8, 4) is 5.88 Å². The number of hydrogen-bond donors (Lipinski definition) is 1. The van der Waals surface area contributed by atoms with E-state index in [0.29, 0.717) is 18.4 Å². The van der Waals surface area contributed by atoms with Gasteiger partial charge < -0.3 is 10.1 Å². The number of carbonyl (C=O) groups is 1. The molecule has 0 spiro atoms. The summed E-state index contributed by atoms with van der Waals surface area (Å²) >= 11 is 0. The quantitative estimate of drug-likeness (QED) is 0.909. The van der Waals surface area contributed by atoms with E-state index in [0.717, 1.165) is 18.6 Å². The molecule has 4 nitrogen and oxygen atoms in total. The third kappa shape index (κ3) is 3.31. The van der Waals surface area contributed by atoms with Gasteiger partial charge in [0.2, 0.25) is 5.88 Å². The van der Waals surface area contributed by atoms with Gasteiger partial charge in [-0.1, -0.05) is 12.1 Å². The molecule has 3 rings (SSSR count). The van der Waals surface area contributed by atoms with Gasteiger partial charge in [0.15, 0.2) is 0 Å². The fraction of sp³-hybridized carbons (Fsp3) is 0.333. The molecule has 7 heteroatoms. The maximum Gasteiger partial charge on any atom is 0.416 e. The highest BCUT2D eigenvalue weighted by atomic mass is 19.4. The van der Waals surface area contributed by atoms with Crippen molar-refractivity contribution in [2.45, 2.75) is 31.0 Å². The highest BCUT2D eigenvalue weighted by Gasteiger charge is 2.42. The summed E-state index contributed by atoms with van der Waals surface area (Å²) in [5.41, 5.74) is -0.795. The Morgan fingerprint density at radius 2 is 2.00 bits per heavy atom. The van der Waals surface area contributed by atoms with Crippen LogP contribution in [0.1, 0.15) is 40.7 Å². The molecule has 0 saturated heterocycles. The molecule has 0 atom stereocenters. The molecule has 1 aromatic heterocycles. The van der Waals surface area contributed by atoms with Gasteiger partial charge in [0.05, 0.1) is 18.2 Å². The monoisotopic (exact) mass is 350 g/mol. The van der Waals surface area contributed by atoms with Gasteiger partial charge in [-0.05, 0) is 49.1 Å². The van der Waals surface area contributed by atoms with Gasteiger partial charge in [0, 0.05) is 6.20 Å². The third-order valence-corrected chi connectivity index (χ3v) is 4.51. The Labute approximate surface area is 143 Å². The van der Waals surface area contributed by atoms with Crippen LogP contribution in [0.3, 0.4) is 0 Å². The molecular weight excluding hydrogens is 333 g/mol. The SMILES string of the molecule is COc1ncccc1C(=O)NC1(c2cccc(C(F)(F)F)c2)CCC1. The summed E-state index contributed by atoms with van der Waals surface area (Å²) in [5, 5.41) is 2.89. The van der Waals surface area contributed by atoms with Crippen LogP contribution in [-0.2, 0) is 11.7 Å². The standard InChI is InChI=1S/C18H17F3N2O2/c1-25-16-14(7-3-10-22-16)15(24)23-17(8-4-9-17)12-5-2-6-13(11-12)18(19,20)21/h2-3,5-7,10-11H,4,8-9H2,1H3,(H,23,24). The molecule has 1 aliphatic carbocycles. The Kier molecular flexibility index (Phi) is 4.41. The van der Waals surface area contributed by atoms with Crippen molar-refractivity contribution in [1.29, 1.82) is 0 Å². The number of amides is 1. The minimum absolute atomic E-state index is 0.179. The molecule has 0 bridgehead atoms. The lowest BCUT2D eigenvalue weighted by atomic mass is 9.71. The number of halogens is 3. The van der Waals surface area contributed by atoms with Crippen molar-refractivity contribution in [2.24, 2.45) is 0 Å². The van der Waals surface area contributed by atoms with E-state index >= 15 is 0 Å². The fourth-order valence-electron chi connectivity index (χ4n) is 3.02. The van der Waals surface area contributed by atoms with Gasteiger partial charge in [0.1, 0.15) is 5.56 Å². The summed E-state index contributed by atoms with van der Waals surface area (Å²) in [6.07, 6.45) is -0.912. The number of nitrogens with one attached hydrogen (secondary N) is 1. The highest BCUT2D eigenvalue weighted by Crippen LogP contribution is 2.43. The van der Waals surface area contributed by atoms with E-state index in [2.05, 4.69) is 10.3 Å². The van der Waals surface area contributed by atoms with E-state index in [4.69, 9.17) is 4.74 Å². The molecule has 1 heterocycles. The molecule has 1 saturated carbocycles. The molecule has 1 aromatic carbocycles. The van der Waals surface area contributed by atoms with Crippen molar-refractivity contribution in [2.75, 3.05) is 7.11 Å². The van der Waals surface area contributed by atoms with Crippen LogP contribution >= 0.6 is 0 Å². The van der Waals surface area contributed by atoms with Crippen LogP contribution in [0.25, 0.3) is 0 Å². The Hall–Kier alpha value is -2.57. The zero-order chi connectivity index (χ0) is 18.1. The topological polar surface area (TPSA) is 51.2 Å². The molecule has 1 aliphatic rings. The molecule has 1 fully saturated rings. The van der Waals surface area contributed by atoms with Crippen molar-refractivity contribution < 1.29 is 22.7 Å². The zero-order valence-electron chi connectivity index (χ0n) is 13.6. The number of alkyl halides is 3. The first-order valence-electron chi connectivity index (χ1n) is 7.85. The second-order valence-corrected chi connectivity index (χ2v) is 6.03. The second kappa shape index (κ2) is 6.38. The van der Waals surface area contributed by atoms with E-state index in [1.165, 1.54) is 19.4 Å². The first-order chi connectivity index (χ1) is 11.9. The van der Waals surface area contributed by atoms with Crippen LogP contribution in [-0.4, -0.2) is 18.0 Å². The van der Waals surface area contributed by atoms with E-state index in [-0.39, 0.29) is 11.4 Å². The molecule has 1 N–H and O–H groups in total. The Bertz CT molecular complexity index is 786. The van der Waals surface area contributed by atoms with Crippen LogP contribution in [0.15, 0.2) is 42.6 Å². The second-order valence-electron chi connectivity index (χ2n) is 6.03. The highest BCUT2D eigenvalue weighted by molar-refractivity contribution is 5.97. The van der Waals surface area contributed by atoms with Crippen LogP contribution < -0.4 is 10.1 Å². The lowest BCUT2D eigenvalue weighted by Crippen LogP contribution is -2.51. The van der Waals surface area contributed by atoms with Gasteiger partial charge in [-0.2, -0.15) is 13.2 Å². The van der Waals surface area contributed by atoms with Gasteiger partial charge >= 0.3 is 6.18 Å². The summed E-state index contributed by atoms with van der Waals surface area (Å²) < 4.78 is 44.1. The predicted octanol–water partition coefficient (Wildman–Crippen LogP) is 3.92. The lowest BCUT2D eigenvalue weighted by Gasteiger charge is -2.43. The molecule has 0 unspecified atom stereocenters. The van der Waals surface area contributed by atoms with Crippen molar-refractivity contribution in [3.63, 3.8) is 0 Å². The van der Waals surface area contributed by atoms with E-state index in [1.807, 2.05) is 0 Å². The zero-order valence-corrected chi connectivity index (χ0v) is 13.6. The summed E-state index contributed by atoms with van der Waals surface area (Å²) in [7, 11) is 1.41. The van der Waals surface area contributed by atoms with E-state index in [1.54, 1.807) is 18.2 Å². The molecule has 132 valence electrons. The molecule has 0 radical (unpaired) electrons. The lowest BCUT2D eigenvalue weighted by molar-refractivity contribution is -0.137. The van der Waals surface area contributed by atoms with E-state index in [9.17, 15) is 18.0 Å². The summed E-state index contributed by atoms with van der Waals surface area (Å²) in [6, 6.07) is 8.31. The minimum Gasteiger partial charge on any atom is -0.480 e. The number of hydrogen-bond acceptors (Lipinski definition) is 3. The minimum atomic E-state index is -4.42. The molecule has 2 aromatic rings. The van der Waals surface area contributed by atoms with Crippen LogP contribution in [0, 0.1) is 0 Å². The van der Waals surface area contributed by atoms with Gasteiger partial charge in [-0.25, -0.2) is 4.98 Å². The molecule has 1 amide bonds. The third-order valence-electron chi connectivity index (χ3n) is 4.51. The van der Waals surface area contributed by atoms with Crippen LogP contribution in [0.4, 0.5) is 13.2 Å². The maximum absolute atomic E-state index is 13.0. The number of benzene rings is 1. The molecule has 25 heavy (non-hydrogen) atoms. The molecular formula is C18H17F3N2O2. The number of rotatable bonds is 4. The number of methoxy groups -OCH3 is 1. The average molecular weight is 350 g/mol. The number of ether oxygens (including phenoxy) is 1.